The molecular weight excluding hydrogens is 326 g/mol. The third-order valence-corrected chi connectivity index (χ3v) is 5.83. The van der Waals surface area contributed by atoms with Crippen molar-refractivity contribution in [1.82, 2.24) is 5.32 Å². The Morgan fingerprint density at radius 1 is 1.17 bits per heavy atom. The summed E-state index contributed by atoms with van der Waals surface area (Å²) < 4.78 is 26.7. The molecule has 2 aliphatic rings. The van der Waals surface area contributed by atoms with E-state index >= 15 is 0 Å². The summed E-state index contributed by atoms with van der Waals surface area (Å²) in [5, 5.41) is 2.73. The number of carbonyl (C=O) groups excluding carboxylic acids is 1. The molecule has 3 rings (SSSR count). The Kier molecular flexibility index (Phi) is 4.99. The van der Waals surface area contributed by atoms with E-state index in [2.05, 4.69) is 14.9 Å². The number of sulfonamides is 1. The monoisotopic (exact) mass is 351 g/mol. The summed E-state index contributed by atoms with van der Waals surface area (Å²) in [6.07, 6.45) is 4.60. The van der Waals surface area contributed by atoms with Gasteiger partial charge in [-0.1, -0.05) is 6.92 Å². The zero-order chi connectivity index (χ0) is 17.2. The largest absolute Gasteiger partial charge is 0.372 e. The van der Waals surface area contributed by atoms with E-state index in [0.717, 1.165) is 25.2 Å². The first-order valence-electron chi connectivity index (χ1n) is 8.58. The average Bonchev–Trinajstić information content (AvgIpc) is 3.22. The molecule has 0 radical (unpaired) electrons. The van der Waals surface area contributed by atoms with Crippen LogP contribution in [-0.2, 0) is 14.8 Å². The third-order valence-electron chi connectivity index (χ3n) is 4.64. The molecule has 7 heteroatoms. The first-order valence-corrected chi connectivity index (χ1v) is 10.2. The molecule has 6 nitrogen and oxygen atoms in total. The first-order chi connectivity index (χ1) is 11.4. The average molecular weight is 351 g/mol. The van der Waals surface area contributed by atoms with Crippen LogP contribution in [0.25, 0.3) is 0 Å². The number of piperidine rings is 1. The fourth-order valence-electron chi connectivity index (χ4n) is 3.05. The van der Waals surface area contributed by atoms with Crippen molar-refractivity contribution in [3.05, 3.63) is 24.3 Å². The van der Waals surface area contributed by atoms with Gasteiger partial charge < -0.3 is 10.2 Å². The number of anilines is 2. The summed E-state index contributed by atoms with van der Waals surface area (Å²) in [7, 11) is -3.68. The number of nitrogens with one attached hydrogen (secondary N) is 2. The smallest absolute Gasteiger partial charge is 0.241 e. The van der Waals surface area contributed by atoms with E-state index in [1.807, 2.05) is 19.1 Å². The van der Waals surface area contributed by atoms with Crippen molar-refractivity contribution in [2.45, 2.75) is 38.6 Å². The second-order valence-electron chi connectivity index (χ2n) is 6.84. The van der Waals surface area contributed by atoms with Crippen LogP contribution < -0.4 is 14.9 Å². The van der Waals surface area contributed by atoms with Crippen LogP contribution in [0.4, 0.5) is 11.4 Å². The molecule has 24 heavy (non-hydrogen) atoms. The van der Waals surface area contributed by atoms with Gasteiger partial charge in [0.15, 0.2) is 0 Å². The van der Waals surface area contributed by atoms with Gasteiger partial charge in [0.2, 0.25) is 15.9 Å². The number of hydrogen-bond donors (Lipinski definition) is 2. The molecule has 2 fully saturated rings. The second-order valence-corrected chi connectivity index (χ2v) is 8.57. The predicted molar refractivity (Wildman–Crippen MR) is 95.6 cm³/mol. The summed E-state index contributed by atoms with van der Waals surface area (Å²) >= 11 is 0. The summed E-state index contributed by atoms with van der Waals surface area (Å²) in [6, 6.07) is 7.49. The van der Waals surface area contributed by atoms with Crippen LogP contribution in [0, 0.1) is 5.92 Å². The summed E-state index contributed by atoms with van der Waals surface area (Å²) in [5.41, 5.74) is 1.60. The number of nitrogens with zero attached hydrogens (tertiary/aromatic N) is 1. The number of benzene rings is 1. The van der Waals surface area contributed by atoms with Crippen molar-refractivity contribution in [2.24, 2.45) is 5.92 Å². The van der Waals surface area contributed by atoms with Gasteiger partial charge >= 0.3 is 0 Å². The van der Waals surface area contributed by atoms with Crippen LogP contribution in [0.5, 0.6) is 0 Å². The molecular formula is C17H25N3O3S. The Hall–Kier alpha value is -1.76. The van der Waals surface area contributed by atoms with Crippen molar-refractivity contribution >= 4 is 27.3 Å². The predicted octanol–water partition coefficient (Wildman–Crippen LogP) is 1.94. The highest BCUT2D eigenvalue weighted by Gasteiger charge is 2.34. The number of hydrogen-bond acceptors (Lipinski definition) is 4. The minimum absolute atomic E-state index is 0.136. The fraction of sp³-hybridized carbons (Fsp3) is 0.588. The zero-order valence-electron chi connectivity index (χ0n) is 14.0. The van der Waals surface area contributed by atoms with Gasteiger partial charge in [-0.05, 0) is 55.9 Å². The Bertz CT molecular complexity index is 682. The quantitative estimate of drug-likeness (QED) is 0.821. The Morgan fingerprint density at radius 2 is 1.79 bits per heavy atom. The van der Waals surface area contributed by atoms with E-state index in [1.54, 1.807) is 12.1 Å². The lowest BCUT2D eigenvalue weighted by atomic mass is 10.1. The highest BCUT2D eigenvalue weighted by atomic mass is 32.2. The Labute approximate surface area is 143 Å². The lowest BCUT2D eigenvalue weighted by Crippen LogP contribution is -2.34. The molecule has 1 saturated carbocycles. The Morgan fingerprint density at radius 3 is 2.38 bits per heavy atom. The molecule has 2 unspecified atom stereocenters. The number of amides is 1. The van der Waals surface area contributed by atoms with Crippen molar-refractivity contribution in [3.8, 4) is 0 Å². The third kappa shape index (κ3) is 4.63. The van der Waals surface area contributed by atoms with E-state index in [0.29, 0.717) is 11.6 Å². The van der Waals surface area contributed by atoms with Crippen molar-refractivity contribution in [2.75, 3.05) is 28.5 Å². The normalized spacial score (nSPS) is 23.6. The van der Waals surface area contributed by atoms with Gasteiger partial charge in [0.25, 0.3) is 0 Å². The first kappa shape index (κ1) is 17.1. The van der Waals surface area contributed by atoms with Crippen LogP contribution in [-0.4, -0.2) is 39.2 Å². The highest BCUT2D eigenvalue weighted by Crippen LogP contribution is 2.28. The van der Waals surface area contributed by atoms with E-state index in [9.17, 15) is 13.2 Å². The van der Waals surface area contributed by atoms with Crippen LogP contribution in [0.15, 0.2) is 24.3 Å². The van der Waals surface area contributed by atoms with Crippen molar-refractivity contribution in [3.63, 3.8) is 0 Å². The lowest BCUT2D eigenvalue weighted by molar-refractivity contribution is -0.118. The van der Waals surface area contributed by atoms with Crippen LogP contribution in [0.1, 0.15) is 32.6 Å². The van der Waals surface area contributed by atoms with Gasteiger partial charge in [-0.25, -0.2) is 8.42 Å². The SMILES string of the molecule is CC1CC1NC(=O)CS(=O)(=O)Nc1ccc(N2CCCCC2)cc1. The summed E-state index contributed by atoms with van der Waals surface area (Å²) in [6.45, 7) is 4.12. The van der Waals surface area contributed by atoms with Gasteiger partial charge in [-0.3, -0.25) is 9.52 Å². The Balaban J connectivity index is 1.55. The topological polar surface area (TPSA) is 78.5 Å². The minimum atomic E-state index is -3.68. The molecule has 0 bridgehead atoms. The molecule has 1 amide bonds. The molecule has 1 aliphatic carbocycles. The maximum atomic E-state index is 12.1. The molecule has 2 atom stereocenters. The molecule has 0 aromatic heterocycles. The number of rotatable bonds is 6. The molecule has 1 saturated heterocycles. The van der Waals surface area contributed by atoms with E-state index in [4.69, 9.17) is 0 Å². The maximum Gasteiger partial charge on any atom is 0.241 e. The van der Waals surface area contributed by atoms with Crippen molar-refractivity contribution in [1.29, 1.82) is 0 Å². The molecule has 2 N–H and O–H groups in total. The van der Waals surface area contributed by atoms with Gasteiger partial charge in [0, 0.05) is 30.5 Å². The standard InChI is InChI=1S/C17H25N3O3S/c1-13-11-16(13)18-17(21)12-24(22,23)19-14-5-7-15(8-6-14)20-9-3-2-4-10-20/h5-8,13,16,19H,2-4,9-12H2,1H3,(H,18,21). The summed E-state index contributed by atoms with van der Waals surface area (Å²) in [5.74, 6) is -0.530. The lowest BCUT2D eigenvalue weighted by Gasteiger charge is -2.28. The maximum absolute atomic E-state index is 12.1. The number of carbonyl (C=O) groups is 1. The van der Waals surface area contributed by atoms with E-state index in [1.165, 1.54) is 19.3 Å². The second kappa shape index (κ2) is 7.01. The van der Waals surface area contributed by atoms with Gasteiger partial charge in [-0.2, -0.15) is 0 Å². The minimum Gasteiger partial charge on any atom is -0.372 e. The molecule has 132 valence electrons. The molecule has 0 spiro atoms. The van der Waals surface area contributed by atoms with Gasteiger partial charge in [-0.15, -0.1) is 0 Å². The molecule has 1 aliphatic heterocycles. The molecule has 1 aromatic rings. The van der Waals surface area contributed by atoms with E-state index in [-0.39, 0.29) is 6.04 Å². The highest BCUT2D eigenvalue weighted by molar-refractivity contribution is 7.93. The van der Waals surface area contributed by atoms with Crippen LogP contribution in [0.3, 0.4) is 0 Å². The zero-order valence-corrected chi connectivity index (χ0v) is 14.8. The van der Waals surface area contributed by atoms with Crippen LogP contribution in [0.2, 0.25) is 0 Å². The van der Waals surface area contributed by atoms with Crippen LogP contribution >= 0.6 is 0 Å². The van der Waals surface area contributed by atoms with Crippen molar-refractivity contribution < 1.29 is 13.2 Å². The van der Waals surface area contributed by atoms with Gasteiger partial charge in [0.1, 0.15) is 5.75 Å². The van der Waals surface area contributed by atoms with E-state index < -0.39 is 21.7 Å². The fourth-order valence-corrected chi connectivity index (χ4v) is 4.05. The molecule has 1 aromatic carbocycles. The van der Waals surface area contributed by atoms with Gasteiger partial charge in [0.05, 0.1) is 0 Å². The molecule has 1 heterocycles. The summed E-state index contributed by atoms with van der Waals surface area (Å²) in [4.78, 5) is 14.1.